The van der Waals surface area contributed by atoms with E-state index >= 15 is 0 Å². The molecule has 3 N–H and O–H groups in total. The predicted molar refractivity (Wildman–Crippen MR) is 48.1 cm³/mol. The van der Waals surface area contributed by atoms with Crippen molar-refractivity contribution in [3.63, 3.8) is 0 Å². The van der Waals surface area contributed by atoms with Gasteiger partial charge in [-0.1, -0.05) is 12.1 Å². The molecule has 5 nitrogen and oxygen atoms in total. The van der Waals surface area contributed by atoms with Crippen molar-refractivity contribution in [2.24, 2.45) is 5.73 Å². The number of carbonyl (C=O) groups is 2. The van der Waals surface area contributed by atoms with E-state index in [1.807, 2.05) is 0 Å². The van der Waals surface area contributed by atoms with Crippen LogP contribution < -0.4 is 10.5 Å². The van der Waals surface area contributed by atoms with Gasteiger partial charge in [0, 0.05) is 19.5 Å². The number of aromatic carboxylic acids is 1. The molecule has 0 aromatic heterocycles. The Labute approximate surface area is 99.0 Å². The molecule has 0 saturated heterocycles. The SMILES string of the molecule is NCC(=O)Oc1ccccc1C(=O)O.[Zn]. The molecule has 0 aliphatic rings. The maximum Gasteiger partial charge on any atom is 0.339 e. The van der Waals surface area contributed by atoms with E-state index in [0.717, 1.165) is 0 Å². The summed E-state index contributed by atoms with van der Waals surface area (Å²) >= 11 is 0. The van der Waals surface area contributed by atoms with Crippen molar-refractivity contribution in [3.8, 4) is 5.75 Å². The number of hydrogen-bond acceptors (Lipinski definition) is 4. The van der Waals surface area contributed by atoms with Crippen molar-refractivity contribution in [1.82, 2.24) is 0 Å². The second-order valence-electron chi connectivity index (χ2n) is 2.48. The van der Waals surface area contributed by atoms with Gasteiger partial charge in [-0.3, -0.25) is 4.79 Å². The van der Waals surface area contributed by atoms with Gasteiger partial charge in [0.1, 0.15) is 11.3 Å². The Hall–Kier alpha value is -1.26. The Kier molecular flexibility index (Phi) is 5.74. The zero-order valence-electron chi connectivity index (χ0n) is 7.97. The maximum absolute atomic E-state index is 10.8. The molecule has 1 aromatic carbocycles. The van der Waals surface area contributed by atoms with Gasteiger partial charge in [-0.25, -0.2) is 4.79 Å². The fourth-order valence-electron chi connectivity index (χ4n) is 0.897. The first-order chi connectivity index (χ1) is 6.65. The summed E-state index contributed by atoms with van der Waals surface area (Å²) in [7, 11) is 0. The zero-order chi connectivity index (χ0) is 10.6. The van der Waals surface area contributed by atoms with Crippen LogP contribution in [0, 0.1) is 0 Å². The van der Waals surface area contributed by atoms with Gasteiger partial charge in [-0.15, -0.1) is 0 Å². The Morgan fingerprint density at radius 3 is 2.47 bits per heavy atom. The summed E-state index contributed by atoms with van der Waals surface area (Å²) in [5.74, 6) is -1.81. The summed E-state index contributed by atoms with van der Waals surface area (Å²) in [4.78, 5) is 21.5. The van der Waals surface area contributed by atoms with E-state index < -0.39 is 11.9 Å². The number of ether oxygens (including phenoxy) is 1. The first-order valence-electron chi connectivity index (χ1n) is 3.88. The predicted octanol–water partition coefficient (Wildman–Crippen LogP) is 0.246. The summed E-state index contributed by atoms with van der Waals surface area (Å²) in [6.45, 7) is -0.284. The van der Waals surface area contributed by atoms with Crippen LogP contribution in [-0.2, 0) is 24.3 Å². The van der Waals surface area contributed by atoms with Crippen molar-refractivity contribution in [2.45, 2.75) is 0 Å². The minimum atomic E-state index is -1.15. The monoisotopic (exact) mass is 259 g/mol. The van der Waals surface area contributed by atoms with Gasteiger partial charge in [-0.05, 0) is 12.1 Å². The first kappa shape index (κ1) is 13.7. The van der Waals surface area contributed by atoms with Gasteiger partial charge in [0.05, 0.1) is 6.54 Å². The van der Waals surface area contributed by atoms with E-state index in [2.05, 4.69) is 0 Å². The fraction of sp³-hybridized carbons (Fsp3) is 0.111. The standard InChI is InChI=1S/C9H9NO4.Zn/c10-5-8(11)14-7-4-2-1-3-6(7)9(12)13;/h1-4H,5,10H2,(H,12,13);. The molecule has 0 unspecified atom stereocenters. The van der Waals surface area contributed by atoms with Crippen molar-refractivity contribution in [2.75, 3.05) is 6.54 Å². The summed E-state index contributed by atoms with van der Waals surface area (Å²) < 4.78 is 4.71. The van der Waals surface area contributed by atoms with Crippen molar-refractivity contribution in [1.29, 1.82) is 0 Å². The number of nitrogens with two attached hydrogens (primary N) is 1. The van der Waals surface area contributed by atoms with Crippen LogP contribution in [0.25, 0.3) is 0 Å². The van der Waals surface area contributed by atoms with Crippen LogP contribution in [-0.4, -0.2) is 23.6 Å². The number of carboxylic acids is 1. The molecular weight excluding hydrogens is 251 g/mol. The molecule has 15 heavy (non-hydrogen) atoms. The molecule has 0 radical (unpaired) electrons. The van der Waals surface area contributed by atoms with Gasteiger partial charge in [0.15, 0.2) is 0 Å². The van der Waals surface area contributed by atoms with E-state index in [4.69, 9.17) is 15.6 Å². The molecule has 6 heteroatoms. The third-order valence-corrected chi connectivity index (χ3v) is 1.51. The maximum atomic E-state index is 10.8. The van der Waals surface area contributed by atoms with Crippen LogP contribution in [0.2, 0.25) is 0 Å². The molecule has 0 atom stereocenters. The van der Waals surface area contributed by atoms with Crippen molar-refractivity contribution >= 4 is 11.9 Å². The molecule has 0 spiro atoms. The van der Waals surface area contributed by atoms with Crippen LogP contribution in [0.15, 0.2) is 24.3 Å². The van der Waals surface area contributed by atoms with Crippen molar-refractivity contribution < 1.29 is 38.9 Å². The first-order valence-corrected chi connectivity index (χ1v) is 3.88. The van der Waals surface area contributed by atoms with Crippen molar-refractivity contribution in [3.05, 3.63) is 29.8 Å². The number of hydrogen-bond donors (Lipinski definition) is 2. The molecule has 76 valence electrons. The summed E-state index contributed by atoms with van der Waals surface area (Å²) in [6.07, 6.45) is 0. The van der Waals surface area contributed by atoms with Crippen LogP contribution in [0.5, 0.6) is 5.75 Å². The number of rotatable bonds is 3. The number of carboxylic acid groups (broad SMARTS) is 1. The molecule has 0 aliphatic carbocycles. The average Bonchev–Trinajstić information content (AvgIpc) is 2.18. The molecular formula is C9H9NO4Zn. The molecule has 0 amide bonds. The number of carbonyl (C=O) groups excluding carboxylic acids is 1. The second kappa shape index (κ2) is 6.27. The number of benzene rings is 1. The average molecular weight is 261 g/mol. The molecule has 0 saturated carbocycles. The molecule has 1 aromatic rings. The fourth-order valence-corrected chi connectivity index (χ4v) is 0.897. The Morgan fingerprint density at radius 2 is 1.93 bits per heavy atom. The number of para-hydroxylation sites is 1. The largest absolute Gasteiger partial charge is 0.478 e. The molecule has 0 aliphatic heterocycles. The molecule has 0 fully saturated rings. The quantitative estimate of drug-likeness (QED) is 0.462. The summed E-state index contributed by atoms with van der Waals surface area (Å²) in [6, 6.07) is 5.87. The Bertz CT molecular complexity index is 367. The van der Waals surface area contributed by atoms with Crippen LogP contribution in [0.4, 0.5) is 0 Å². The van der Waals surface area contributed by atoms with Gasteiger partial charge in [0.25, 0.3) is 0 Å². The number of esters is 1. The van der Waals surface area contributed by atoms with E-state index in [9.17, 15) is 9.59 Å². The Balaban J connectivity index is 0.00000196. The van der Waals surface area contributed by atoms with Crippen LogP contribution in [0.1, 0.15) is 10.4 Å². The third kappa shape index (κ3) is 3.77. The van der Waals surface area contributed by atoms with E-state index in [1.165, 1.54) is 12.1 Å². The second-order valence-corrected chi connectivity index (χ2v) is 2.48. The van der Waals surface area contributed by atoms with Gasteiger partial charge < -0.3 is 15.6 Å². The zero-order valence-corrected chi connectivity index (χ0v) is 10.9. The van der Waals surface area contributed by atoms with Crippen LogP contribution >= 0.6 is 0 Å². The van der Waals surface area contributed by atoms with Gasteiger partial charge >= 0.3 is 11.9 Å². The minimum absolute atomic E-state index is 0. The smallest absolute Gasteiger partial charge is 0.339 e. The molecule has 0 heterocycles. The summed E-state index contributed by atoms with van der Waals surface area (Å²) in [5, 5.41) is 8.73. The molecule has 0 bridgehead atoms. The van der Waals surface area contributed by atoms with E-state index in [-0.39, 0.29) is 37.3 Å². The third-order valence-electron chi connectivity index (χ3n) is 1.51. The van der Waals surface area contributed by atoms with E-state index in [1.54, 1.807) is 12.1 Å². The van der Waals surface area contributed by atoms with Gasteiger partial charge in [0.2, 0.25) is 0 Å². The van der Waals surface area contributed by atoms with Gasteiger partial charge in [-0.2, -0.15) is 0 Å². The van der Waals surface area contributed by atoms with E-state index in [0.29, 0.717) is 0 Å². The Morgan fingerprint density at radius 1 is 1.33 bits per heavy atom. The topological polar surface area (TPSA) is 89.6 Å². The minimum Gasteiger partial charge on any atom is -0.478 e. The van der Waals surface area contributed by atoms with Crippen LogP contribution in [0.3, 0.4) is 0 Å². The normalized spacial score (nSPS) is 8.87. The molecule has 1 rings (SSSR count). The summed E-state index contributed by atoms with van der Waals surface area (Å²) in [5.41, 5.74) is 4.96.